The number of aryl methyl sites for hydroxylation is 2. The van der Waals surface area contributed by atoms with Gasteiger partial charge in [0, 0.05) is 13.6 Å². The molecule has 6 nitrogen and oxygen atoms in total. The van der Waals surface area contributed by atoms with Gasteiger partial charge in [-0.25, -0.2) is 4.79 Å². The fourth-order valence-corrected chi connectivity index (χ4v) is 2.46. The number of carbonyl (C=O) groups excluding carboxylic acids is 1. The van der Waals surface area contributed by atoms with E-state index in [1.807, 2.05) is 58.0 Å². The van der Waals surface area contributed by atoms with Crippen LogP contribution in [0.5, 0.6) is 0 Å². The Morgan fingerprint density at radius 2 is 1.81 bits per heavy atom. The fraction of sp³-hybridized carbons (Fsp3) is 0.350. The molecule has 0 spiro atoms. The first-order chi connectivity index (χ1) is 12.3. The Bertz CT molecular complexity index is 850. The molecule has 0 aliphatic rings. The van der Waals surface area contributed by atoms with Crippen LogP contribution in [0.1, 0.15) is 42.1 Å². The Hall–Kier alpha value is -2.89. The molecule has 0 aliphatic carbocycles. The molecule has 1 heterocycles. The van der Waals surface area contributed by atoms with Crippen LogP contribution in [0.15, 0.2) is 45.0 Å². The van der Waals surface area contributed by atoms with Crippen molar-refractivity contribution in [2.45, 2.75) is 34.2 Å². The van der Waals surface area contributed by atoms with Crippen LogP contribution in [-0.2, 0) is 11.3 Å². The van der Waals surface area contributed by atoms with E-state index >= 15 is 0 Å². The van der Waals surface area contributed by atoms with E-state index in [-0.39, 0.29) is 6.09 Å². The van der Waals surface area contributed by atoms with E-state index < -0.39 is 0 Å². The van der Waals surface area contributed by atoms with Gasteiger partial charge in [-0.05, 0) is 62.6 Å². The number of carbonyl (C=O) groups is 1. The highest BCUT2D eigenvalue weighted by molar-refractivity contribution is 6.00. The third-order valence-electron chi connectivity index (χ3n) is 4.10. The molecular formula is C20H25N3O3. The number of amides is 1. The van der Waals surface area contributed by atoms with Crippen molar-refractivity contribution in [1.29, 1.82) is 0 Å². The summed E-state index contributed by atoms with van der Waals surface area (Å²) in [5, 5.41) is 8.57. The Balaban J connectivity index is 2.15. The molecule has 0 aliphatic heterocycles. The van der Waals surface area contributed by atoms with Crippen molar-refractivity contribution in [3.8, 4) is 0 Å². The molecule has 1 aromatic heterocycles. The predicted molar refractivity (Wildman–Crippen MR) is 103 cm³/mol. The monoisotopic (exact) mass is 355 g/mol. The summed E-state index contributed by atoms with van der Waals surface area (Å²) >= 11 is 0. The van der Waals surface area contributed by atoms with Crippen molar-refractivity contribution in [3.63, 3.8) is 0 Å². The lowest BCUT2D eigenvalue weighted by Gasteiger charge is -2.17. The number of ether oxygens (including phenoxy) is 1. The van der Waals surface area contributed by atoms with Gasteiger partial charge in [-0.2, -0.15) is 10.2 Å². The van der Waals surface area contributed by atoms with Crippen molar-refractivity contribution >= 4 is 17.5 Å². The van der Waals surface area contributed by atoms with Crippen molar-refractivity contribution < 1.29 is 13.9 Å². The molecule has 0 unspecified atom stereocenters. The number of rotatable bonds is 5. The summed E-state index contributed by atoms with van der Waals surface area (Å²) < 4.78 is 10.3. The van der Waals surface area contributed by atoms with E-state index in [4.69, 9.17) is 9.15 Å². The zero-order chi connectivity index (χ0) is 19.3. The van der Waals surface area contributed by atoms with E-state index in [1.165, 1.54) is 12.0 Å². The molecule has 1 aromatic carbocycles. The zero-order valence-electron chi connectivity index (χ0n) is 16.2. The van der Waals surface area contributed by atoms with Gasteiger partial charge in [-0.1, -0.05) is 12.1 Å². The van der Waals surface area contributed by atoms with Gasteiger partial charge in [0.15, 0.2) is 0 Å². The van der Waals surface area contributed by atoms with Crippen LogP contribution in [0.25, 0.3) is 0 Å². The summed E-state index contributed by atoms with van der Waals surface area (Å²) in [6.07, 6.45) is -0.357. The Labute approximate surface area is 154 Å². The molecule has 0 saturated carbocycles. The van der Waals surface area contributed by atoms with Crippen LogP contribution in [0.3, 0.4) is 0 Å². The largest absolute Gasteiger partial charge is 0.460 e. The van der Waals surface area contributed by atoms with Gasteiger partial charge in [0.25, 0.3) is 0 Å². The van der Waals surface area contributed by atoms with Gasteiger partial charge in [-0.15, -0.1) is 0 Å². The molecule has 0 bridgehead atoms. The van der Waals surface area contributed by atoms with Gasteiger partial charge in [0.05, 0.1) is 12.8 Å². The normalized spacial score (nSPS) is 12.2. The van der Waals surface area contributed by atoms with E-state index in [0.29, 0.717) is 6.54 Å². The van der Waals surface area contributed by atoms with E-state index in [9.17, 15) is 4.79 Å². The second-order valence-electron chi connectivity index (χ2n) is 6.25. The summed E-state index contributed by atoms with van der Waals surface area (Å²) in [5.74, 6) is 1.56. The lowest BCUT2D eigenvalue weighted by Crippen LogP contribution is -2.26. The first-order valence-electron chi connectivity index (χ1n) is 8.36. The Kier molecular flexibility index (Phi) is 6.33. The van der Waals surface area contributed by atoms with Crippen LogP contribution in [0.4, 0.5) is 4.79 Å². The van der Waals surface area contributed by atoms with Gasteiger partial charge in [-0.3, -0.25) is 0 Å². The Morgan fingerprint density at radius 3 is 2.38 bits per heavy atom. The molecule has 0 fully saturated rings. The molecule has 2 aromatic rings. The van der Waals surface area contributed by atoms with Crippen LogP contribution in [0.2, 0.25) is 0 Å². The number of benzene rings is 1. The molecule has 2 rings (SSSR count). The second-order valence-corrected chi connectivity index (χ2v) is 6.25. The molecule has 138 valence electrons. The highest BCUT2D eigenvalue weighted by Crippen LogP contribution is 2.15. The van der Waals surface area contributed by atoms with Crippen molar-refractivity contribution in [3.05, 3.63) is 58.5 Å². The SMILES string of the molecule is COC(=O)N(C)Cc1ccc(/C(C)=N/N=C(\C)c2ccc(C)o2)cc1C. The number of furan rings is 1. The van der Waals surface area contributed by atoms with Gasteiger partial charge >= 0.3 is 6.09 Å². The Morgan fingerprint density at radius 1 is 1.12 bits per heavy atom. The number of hydrogen-bond acceptors (Lipinski definition) is 5. The quantitative estimate of drug-likeness (QED) is 0.592. The first kappa shape index (κ1) is 19.4. The summed E-state index contributed by atoms with van der Waals surface area (Å²) in [5.41, 5.74) is 4.66. The third kappa shape index (κ3) is 4.81. The van der Waals surface area contributed by atoms with Gasteiger partial charge in [0.2, 0.25) is 0 Å². The molecule has 0 radical (unpaired) electrons. The minimum absolute atomic E-state index is 0.357. The highest BCUT2D eigenvalue weighted by Gasteiger charge is 2.11. The smallest absolute Gasteiger partial charge is 0.409 e. The summed E-state index contributed by atoms with van der Waals surface area (Å²) in [4.78, 5) is 13.1. The third-order valence-corrected chi connectivity index (χ3v) is 4.10. The number of nitrogens with zero attached hydrogens (tertiary/aromatic N) is 3. The van der Waals surface area contributed by atoms with Crippen molar-refractivity contribution in [2.75, 3.05) is 14.2 Å². The molecule has 26 heavy (non-hydrogen) atoms. The highest BCUT2D eigenvalue weighted by atomic mass is 16.5. The van der Waals surface area contributed by atoms with Crippen LogP contribution < -0.4 is 0 Å². The predicted octanol–water partition coefficient (Wildman–Crippen LogP) is 4.33. The maximum absolute atomic E-state index is 11.5. The first-order valence-corrected chi connectivity index (χ1v) is 8.36. The lowest BCUT2D eigenvalue weighted by atomic mass is 10.0. The average Bonchev–Trinajstić information content (AvgIpc) is 3.06. The second kappa shape index (κ2) is 8.47. The van der Waals surface area contributed by atoms with E-state index in [0.717, 1.165) is 39.6 Å². The van der Waals surface area contributed by atoms with E-state index in [2.05, 4.69) is 10.2 Å². The molecule has 0 saturated heterocycles. The average molecular weight is 355 g/mol. The minimum atomic E-state index is -0.357. The number of methoxy groups -OCH3 is 1. The topological polar surface area (TPSA) is 67.4 Å². The molecule has 1 amide bonds. The van der Waals surface area contributed by atoms with Crippen molar-refractivity contribution in [2.24, 2.45) is 10.2 Å². The van der Waals surface area contributed by atoms with Crippen LogP contribution in [-0.4, -0.2) is 36.6 Å². The lowest BCUT2D eigenvalue weighted by molar-refractivity contribution is 0.131. The van der Waals surface area contributed by atoms with Crippen LogP contribution in [0, 0.1) is 13.8 Å². The molecule has 6 heteroatoms. The zero-order valence-corrected chi connectivity index (χ0v) is 16.2. The summed E-state index contributed by atoms with van der Waals surface area (Å²) in [6, 6.07) is 9.80. The standard InChI is InChI=1S/C20H25N3O3/c1-13-11-17(8-9-18(13)12-23(5)20(24)25-6)15(3)21-22-16(4)19-10-7-14(2)26-19/h7-11H,12H2,1-6H3/b21-15+,22-16+. The van der Waals surface area contributed by atoms with E-state index in [1.54, 1.807) is 7.05 Å². The summed E-state index contributed by atoms with van der Waals surface area (Å²) in [6.45, 7) is 8.18. The molecule has 0 atom stereocenters. The van der Waals surface area contributed by atoms with Crippen molar-refractivity contribution in [1.82, 2.24) is 4.90 Å². The maximum Gasteiger partial charge on any atom is 0.409 e. The minimum Gasteiger partial charge on any atom is -0.460 e. The van der Waals surface area contributed by atoms with Gasteiger partial charge in [0.1, 0.15) is 17.2 Å². The fourth-order valence-electron chi connectivity index (χ4n) is 2.46. The molecular weight excluding hydrogens is 330 g/mol. The number of hydrogen-bond donors (Lipinski definition) is 0. The van der Waals surface area contributed by atoms with Crippen LogP contribution >= 0.6 is 0 Å². The van der Waals surface area contributed by atoms with Gasteiger partial charge < -0.3 is 14.1 Å². The maximum atomic E-state index is 11.5. The molecule has 0 N–H and O–H groups in total. The summed E-state index contributed by atoms with van der Waals surface area (Å²) in [7, 11) is 3.08.